The summed E-state index contributed by atoms with van der Waals surface area (Å²) in [5.74, 6) is -0.729. The van der Waals surface area contributed by atoms with Crippen molar-refractivity contribution in [2.24, 2.45) is 5.92 Å². The minimum atomic E-state index is -4.02. The number of halogens is 1. The lowest BCUT2D eigenvalue weighted by Gasteiger charge is -2.41. The van der Waals surface area contributed by atoms with Crippen LogP contribution >= 0.6 is 11.6 Å². The molecule has 2 fully saturated rings. The van der Waals surface area contributed by atoms with Gasteiger partial charge in [-0.2, -0.15) is 12.3 Å². The number of rotatable bonds is 3. The molecule has 2 aromatic rings. The van der Waals surface area contributed by atoms with E-state index in [1.807, 2.05) is 20.8 Å². The Labute approximate surface area is 211 Å². The molecule has 0 radical (unpaired) electrons. The van der Waals surface area contributed by atoms with Gasteiger partial charge in [0.25, 0.3) is 0 Å². The summed E-state index contributed by atoms with van der Waals surface area (Å²) in [5, 5.41) is 5.35. The number of carbonyl (C=O) groups excluding carboxylic acids is 2. The topological polar surface area (TPSA) is 92.8 Å². The summed E-state index contributed by atoms with van der Waals surface area (Å²) < 4.78 is 32.9. The van der Waals surface area contributed by atoms with Gasteiger partial charge in [0, 0.05) is 31.2 Å². The SMILES string of the molecule is CC(C)(C)OC(=O)N1CCC(C(=O)[N+]2(S(=O)(=O)c3ccc4cc(Cl)ccc4c3)CCNCC2)CC1. The zero-order valence-corrected chi connectivity index (χ0v) is 22.0. The largest absolute Gasteiger partial charge is 0.444 e. The van der Waals surface area contributed by atoms with Gasteiger partial charge in [-0.3, -0.25) is 0 Å². The van der Waals surface area contributed by atoms with E-state index in [1.165, 1.54) is 0 Å². The molecule has 2 aromatic carbocycles. The number of hydrogen-bond donors (Lipinski definition) is 1. The van der Waals surface area contributed by atoms with Gasteiger partial charge in [-0.1, -0.05) is 23.7 Å². The number of fused-ring (bicyclic) bond motifs is 1. The van der Waals surface area contributed by atoms with E-state index in [0.29, 0.717) is 44.0 Å². The number of hydrogen-bond acceptors (Lipinski definition) is 6. The van der Waals surface area contributed by atoms with Crippen LogP contribution in [0.2, 0.25) is 5.02 Å². The molecule has 35 heavy (non-hydrogen) atoms. The van der Waals surface area contributed by atoms with E-state index >= 15 is 0 Å². The van der Waals surface area contributed by atoms with Gasteiger partial charge in [0.05, 0.1) is 5.92 Å². The highest BCUT2D eigenvalue weighted by Crippen LogP contribution is 2.33. The lowest BCUT2D eigenvalue weighted by Crippen LogP contribution is -2.66. The molecule has 10 heteroatoms. The van der Waals surface area contributed by atoms with Gasteiger partial charge in [0.2, 0.25) is 0 Å². The maximum atomic E-state index is 14.0. The number of benzene rings is 2. The first kappa shape index (κ1) is 25.9. The van der Waals surface area contributed by atoms with Gasteiger partial charge >= 0.3 is 22.0 Å². The first-order chi connectivity index (χ1) is 16.4. The van der Waals surface area contributed by atoms with Crippen molar-refractivity contribution < 1.29 is 26.6 Å². The molecule has 2 amide bonds. The van der Waals surface area contributed by atoms with Gasteiger partial charge < -0.3 is 15.0 Å². The second kappa shape index (κ2) is 9.69. The third-order valence-electron chi connectivity index (χ3n) is 6.73. The van der Waals surface area contributed by atoms with Crippen molar-refractivity contribution in [3.63, 3.8) is 0 Å². The van der Waals surface area contributed by atoms with Crippen molar-refractivity contribution in [3.05, 3.63) is 41.4 Å². The third kappa shape index (κ3) is 5.18. The number of piperazine rings is 1. The molecular weight excluding hydrogens is 490 g/mol. The number of likely N-dealkylation sites (tertiary alicyclic amines) is 1. The molecule has 2 heterocycles. The fourth-order valence-electron chi connectivity index (χ4n) is 4.86. The van der Waals surface area contributed by atoms with Crippen molar-refractivity contribution in [3.8, 4) is 0 Å². The maximum Gasteiger partial charge on any atom is 0.410 e. The number of carbonyl (C=O) groups is 2. The van der Waals surface area contributed by atoms with Crippen LogP contribution in [-0.4, -0.2) is 74.1 Å². The second-order valence-electron chi connectivity index (χ2n) is 10.3. The summed E-state index contributed by atoms with van der Waals surface area (Å²) in [6.45, 7) is 7.37. The molecule has 0 aromatic heterocycles. The molecule has 4 rings (SSSR count). The first-order valence-electron chi connectivity index (χ1n) is 12.0. The van der Waals surface area contributed by atoms with Gasteiger partial charge in [0.15, 0.2) is 0 Å². The Balaban J connectivity index is 1.59. The van der Waals surface area contributed by atoms with Crippen molar-refractivity contribution in [2.75, 3.05) is 39.3 Å². The van der Waals surface area contributed by atoms with Crippen LogP contribution in [-0.2, 0) is 19.6 Å². The predicted molar refractivity (Wildman–Crippen MR) is 135 cm³/mol. The molecule has 0 bridgehead atoms. The van der Waals surface area contributed by atoms with Crippen LogP contribution in [0, 0.1) is 5.92 Å². The number of sulfonamides is 1. The Morgan fingerprint density at radius 2 is 1.63 bits per heavy atom. The molecule has 0 aliphatic carbocycles. The van der Waals surface area contributed by atoms with Crippen LogP contribution in [0.15, 0.2) is 41.3 Å². The lowest BCUT2D eigenvalue weighted by molar-refractivity contribution is -0.733. The Kier molecular flexibility index (Phi) is 7.16. The summed E-state index contributed by atoms with van der Waals surface area (Å²) in [6, 6.07) is 10.2. The Bertz CT molecular complexity index is 1230. The van der Waals surface area contributed by atoms with Crippen molar-refractivity contribution >= 4 is 44.4 Å². The summed E-state index contributed by atoms with van der Waals surface area (Å²) in [5.41, 5.74) is -0.598. The fraction of sp³-hybridized carbons (Fsp3) is 0.520. The van der Waals surface area contributed by atoms with Crippen LogP contribution in [0.25, 0.3) is 10.8 Å². The Morgan fingerprint density at radius 3 is 2.26 bits per heavy atom. The van der Waals surface area contributed by atoms with Crippen LogP contribution in [0.5, 0.6) is 0 Å². The van der Waals surface area contributed by atoms with E-state index in [-0.39, 0.29) is 23.9 Å². The summed E-state index contributed by atoms with van der Waals surface area (Å²) in [7, 11) is -4.02. The molecular formula is C25H33ClN3O5S+. The fourth-order valence-corrected chi connectivity index (χ4v) is 7.01. The molecule has 0 saturated carbocycles. The normalized spacial score (nSPS) is 19.5. The number of piperidine rings is 1. The zero-order chi connectivity index (χ0) is 25.4. The van der Waals surface area contributed by atoms with E-state index in [2.05, 4.69) is 5.32 Å². The van der Waals surface area contributed by atoms with Crippen LogP contribution < -0.4 is 5.32 Å². The molecule has 0 unspecified atom stereocenters. The average Bonchev–Trinajstić information content (AvgIpc) is 2.82. The third-order valence-corrected chi connectivity index (χ3v) is 9.28. The molecule has 0 spiro atoms. The maximum absolute atomic E-state index is 14.0. The van der Waals surface area contributed by atoms with Gasteiger partial charge in [-0.15, -0.1) is 0 Å². The Hall–Kier alpha value is -2.20. The van der Waals surface area contributed by atoms with Crippen LogP contribution in [0.3, 0.4) is 0 Å². The quantitative estimate of drug-likeness (QED) is 0.617. The minimum absolute atomic E-state index is 0.133. The highest BCUT2D eigenvalue weighted by molar-refractivity contribution is 7.86. The molecule has 2 saturated heterocycles. The number of quaternary nitrogens is 1. The lowest BCUT2D eigenvalue weighted by atomic mass is 9.95. The summed E-state index contributed by atoms with van der Waals surface area (Å²) in [4.78, 5) is 28.1. The Morgan fingerprint density at radius 1 is 1.03 bits per heavy atom. The monoisotopic (exact) mass is 522 g/mol. The molecule has 190 valence electrons. The van der Waals surface area contributed by atoms with Crippen molar-refractivity contribution in [1.82, 2.24) is 10.2 Å². The zero-order valence-electron chi connectivity index (χ0n) is 20.4. The molecule has 8 nitrogen and oxygen atoms in total. The van der Waals surface area contributed by atoms with Gasteiger partial charge in [-0.05, 0) is 68.7 Å². The smallest absolute Gasteiger partial charge is 0.410 e. The predicted octanol–water partition coefficient (Wildman–Crippen LogP) is 3.78. The van der Waals surface area contributed by atoms with E-state index in [1.54, 1.807) is 41.3 Å². The van der Waals surface area contributed by atoms with Crippen molar-refractivity contribution in [2.45, 2.75) is 44.1 Å². The van der Waals surface area contributed by atoms with Gasteiger partial charge in [0.1, 0.15) is 23.6 Å². The number of amides is 2. The molecule has 0 atom stereocenters. The highest BCUT2D eigenvalue weighted by atomic mass is 35.5. The molecule has 2 aliphatic heterocycles. The summed E-state index contributed by atoms with van der Waals surface area (Å²) >= 11 is 6.08. The van der Waals surface area contributed by atoms with E-state index < -0.39 is 31.5 Å². The van der Waals surface area contributed by atoms with Crippen molar-refractivity contribution in [1.29, 1.82) is 0 Å². The van der Waals surface area contributed by atoms with Crippen LogP contribution in [0.1, 0.15) is 33.6 Å². The van der Waals surface area contributed by atoms with E-state index in [0.717, 1.165) is 10.8 Å². The van der Waals surface area contributed by atoms with Crippen LogP contribution in [0.4, 0.5) is 4.79 Å². The van der Waals surface area contributed by atoms with E-state index in [9.17, 15) is 18.0 Å². The highest BCUT2D eigenvalue weighted by Gasteiger charge is 2.53. The second-order valence-corrected chi connectivity index (χ2v) is 12.9. The first-order valence-corrected chi connectivity index (χ1v) is 13.8. The number of nitrogens with zero attached hydrogens (tertiary/aromatic N) is 2. The average molecular weight is 523 g/mol. The summed E-state index contributed by atoms with van der Waals surface area (Å²) in [6.07, 6.45) is 0.424. The van der Waals surface area contributed by atoms with Gasteiger partial charge in [-0.25, -0.2) is 9.59 Å². The van der Waals surface area contributed by atoms with E-state index in [4.69, 9.17) is 16.3 Å². The minimum Gasteiger partial charge on any atom is -0.444 e. The molecule has 1 N–H and O–H groups in total. The standard InChI is InChI=1S/C25H33ClN3O5S/c1-25(2,3)34-24(31)28-12-8-18(9-13-28)23(30)29(14-10-27-11-15-29)35(32,33)22-7-5-19-16-21(26)6-4-20(19)17-22/h4-7,16-18,27H,8-15H2,1-3H3/q+1. The number of nitrogens with one attached hydrogen (secondary N) is 1. The molecule has 2 aliphatic rings. The number of ether oxygens (including phenoxy) is 1.